The van der Waals surface area contributed by atoms with Crippen molar-refractivity contribution in [2.24, 2.45) is 0 Å². The number of anilines is 1. The first kappa shape index (κ1) is 11.9. The summed E-state index contributed by atoms with van der Waals surface area (Å²) >= 11 is 1.64. The van der Waals surface area contributed by atoms with Crippen LogP contribution in [0.3, 0.4) is 0 Å². The molecule has 4 nitrogen and oxygen atoms in total. The maximum absolute atomic E-state index is 5.92. The van der Waals surface area contributed by atoms with Gasteiger partial charge in [0.15, 0.2) is 0 Å². The highest BCUT2D eigenvalue weighted by atomic mass is 32.1. The molecule has 1 aromatic carbocycles. The standard InChI is InChI=1S/C12H15N3OS/c1-16-10-3-2-9(11(13)6-10)7-14-8-12-15-4-5-17-12/h2-6,14H,7-8,13H2,1H3. The predicted molar refractivity (Wildman–Crippen MR) is 70.1 cm³/mol. The first-order chi connectivity index (χ1) is 8.29. The molecule has 1 heterocycles. The summed E-state index contributed by atoms with van der Waals surface area (Å²) < 4.78 is 5.10. The number of ether oxygens (including phenoxy) is 1. The quantitative estimate of drug-likeness (QED) is 0.796. The van der Waals surface area contributed by atoms with E-state index < -0.39 is 0 Å². The molecule has 3 N–H and O–H groups in total. The van der Waals surface area contributed by atoms with E-state index in [1.54, 1.807) is 18.4 Å². The minimum atomic E-state index is 0.732. The summed E-state index contributed by atoms with van der Waals surface area (Å²) in [4.78, 5) is 4.20. The average Bonchev–Trinajstić information content (AvgIpc) is 2.84. The van der Waals surface area contributed by atoms with Crippen LogP contribution in [0.2, 0.25) is 0 Å². The average molecular weight is 249 g/mol. The molecule has 0 saturated heterocycles. The molecule has 17 heavy (non-hydrogen) atoms. The molecule has 0 spiro atoms. The summed E-state index contributed by atoms with van der Waals surface area (Å²) in [6.07, 6.45) is 1.81. The highest BCUT2D eigenvalue weighted by Gasteiger charge is 2.01. The van der Waals surface area contributed by atoms with E-state index in [-0.39, 0.29) is 0 Å². The third kappa shape index (κ3) is 3.18. The number of nitrogens with two attached hydrogens (primary N) is 1. The molecule has 0 amide bonds. The Balaban J connectivity index is 1.90. The Hall–Kier alpha value is -1.59. The highest BCUT2D eigenvalue weighted by molar-refractivity contribution is 7.09. The lowest BCUT2D eigenvalue weighted by Crippen LogP contribution is -2.13. The second-order valence-electron chi connectivity index (χ2n) is 3.59. The van der Waals surface area contributed by atoms with Gasteiger partial charge in [0.05, 0.1) is 7.11 Å². The van der Waals surface area contributed by atoms with Crippen LogP contribution >= 0.6 is 11.3 Å². The fraction of sp³-hybridized carbons (Fsp3) is 0.250. The zero-order valence-corrected chi connectivity index (χ0v) is 10.5. The lowest BCUT2D eigenvalue weighted by molar-refractivity contribution is 0.415. The number of rotatable bonds is 5. The molecule has 2 aromatic rings. The van der Waals surface area contributed by atoms with Gasteiger partial charge >= 0.3 is 0 Å². The van der Waals surface area contributed by atoms with Gasteiger partial charge in [-0.3, -0.25) is 0 Å². The highest BCUT2D eigenvalue weighted by Crippen LogP contribution is 2.19. The van der Waals surface area contributed by atoms with E-state index in [2.05, 4.69) is 10.3 Å². The number of hydrogen-bond acceptors (Lipinski definition) is 5. The summed E-state index contributed by atoms with van der Waals surface area (Å²) in [6, 6.07) is 5.72. The van der Waals surface area contributed by atoms with Crippen molar-refractivity contribution in [1.29, 1.82) is 0 Å². The van der Waals surface area contributed by atoms with E-state index >= 15 is 0 Å². The van der Waals surface area contributed by atoms with Gasteiger partial charge < -0.3 is 15.8 Å². The minimum absolute atomic E-state index is 0.732. The number of benzene rings is 1. The molecule has 0 aliphatic rings. The van der Waals surface area contributed by atoms with Crippen molar-refractivity contribution in [2.75, 3.05) is 12.8 Å². The third-order valence-electron chi connectivity index (χ3n) is 2.43. The van der Waals surface area contributed by atoms with Crippen LogP contribution in [0, 0.1) is 0 Å². The van der Waals surface area contributed by atoms with Crippen molar-refractivity contribution in [3.8, 4) is 5.75 Å². The number of hydrogen-bond donors (Lipinski definition) is 2. The zero-order chi connectivity index (χ0) is 12.1. The van der Waals surface area contributed by atoms with Crippen molar-refractivity contribution in [1.82, 2.24) is 10.3 Å². The van der Waals surface area contributed by atoms with Crippen LogP contribution in [0.1, 0.15) is 10.6 Å². The molecule has 2 rings (SSSR count). The van der Waals surface area contributed by atoms with Gasteiger partial charge in [-0.05, 0) is 11.6 Å². The van der Waals surface area contributed by atoms with E-state index in [0.29, 0.717) is 0 Å². The molecule has 5 heteroatoms. The predicted octanol–water partition coefficient (Wildman–Crippen LogP) is 2.02. The third-order valence-corrected chi connectivity index (χ3v) is 3.21. The zero-order valence-electron chi connectivity index (χ0n) is 9.64. The normalized spacial score (nSPS) is 10.4. The molecular formula is C12H15N3OS. The van der Waals surface area contributed by atoms with Crippen LogP contribution in [0.15, 0.2) is 29.8 Å². The monoisotopic (exact) mass is 249 g/mol. The lowest BCUT2D eigenvalue weighted by atomic mass is 10.1. The Morgan fingerprint density at radius 2 is 2.29 bits per heavy atom. The van der Waals surface area contributed by atoms with Gasteiger partial charge in [0.25, 0.3) is 0 Å². The van der Waals surface area contributed by atoms with E-state index in [4.69, 9.17) is 10.5 Å². The smallest absolute Gasteiger partial charge is 0.120 e. The number of nitrogen functional groups attached to an aromatic ring is 1. The molecule has 0 saturated carbocycles. The van der Waals surface area contributed by atoms with Crippen molar-refractivity contribution in [2.45, 2.75) is 13.1 Å². The van der Waals surface area contributed by atoms with E-state index in [0.717, 1.165) is 35.1 Å². The first-order valence-electron chi connectivity index (χ1n) is 5.31. The summed E-state index contributed by atoms with van der Waals surface area (Å²) in [6.45, 7) is 1.50. The molecule has 0 aliphatic heterocycles. The van der Waals surface area contributed by atoms with E-state index in [9.17, 15) is 0 Å². The van der Waals surface area contributed by atoms with Crippen LogP contribution in [-0.4, -0.2) is 12.1 Å². The molecule has 0 aliphatic carbocycles. The summed E-state index contributed by atoms with van der Waals surface area (Å²) in [5, 5.41) is 6.36. The fourth-order valence-corrected chi connectivity index (χ4v) is 2.09. The van der Waals surface area contributed by atoms with Gasteiger partial charge in [-0.15, -0.1) is 11.3 Å². The summed E-state index contributed by atoms with van der Waals surface area (Å²) in [7, 11) is 1.63. The first-order valence-corrected chi connectivity index (χ1v) is 6.19. The van der Waals surface area contributed by atoms with Gasteiger partial charge in [-0.1, -0.05) is 6.07 Å². The van der Waals surface area contributed by atoms with Gasteiger partial charge in [-0.25, -0.2) is 4.98 Å². The second kappa shape index (κ2) is 5.65. The van der Waals surface area contributed by atoms with Crippen LogP contribution in [0.25, 0.3) is 0 Å². The molecule has 0 bridgehead atoms. The molecule has 0 atom stereocenters. The molecule has 0 fully saturated rings. The second-order valence-corrected chi connectivity index (χ2v) is 4.57. The molecule has 90 valence electrons. The van der Waals surface area contributed by atoms with E-state index in [1.807, 2.05) is 29.8 Å². The van der Waals surface area contributed by atoms with Crippen molar-refractivity contribution < 1.29 is 4.74 Å². The number of nitrogens with zero attached hydrogens (tertiary/aromatic N) is 1. The molecule has 1 aromatic heterocycles. The Labute approximate surface area is 104 Å². The van der Waals surface area contributed by atoms with Crippen LogP contribution < -0.4 is 15.8 Å². The maximum Gasteiger partial charge on any atom is 0.120 e. The molecule has 0 unspecified atom stereocenters. The van der Waals surface area contributed by atoms with Crippen molar-refractivity contribution >= 4 is 17.0 Å². The number of thiazole rings is 1. The fourth-order valence-electron chi connectivity index (χ4n) is 1.51. The Kier molecular flexibility index (Phi) is 3.95. The van der Waals surface area contributed by atoms with Gasteiger partial charge in [0.2, 0.25) is 0 Å². The van der Waals surface area contributed by atoms with Crippen LogP contribution in [-0.2, 0) is 13.1 Å². The number of aromatic nitrogens is 1. The van der Waals surface area contributed by atoms with Gasteiger partial charge in [-0.2, -0.15) is 0 Å². The largest absolute Gasteiger partial charge is 0.497 e. The Morgan fingerprint density at radius 1 is 1.41 bits per heavy atom. The Morgan fingerprint density at radius 3 is 2.94 bits per heavy atom. The molecule has 0 radical (unpaired) electrons. The summed E-state index contributed by atoms with van der Waals surface area (Å²) in [5.74, 6) is 0.783. The van der Waals surface area contributed by atoms with Crippen molar-refractivity contribution in [3.63, 3.8) is 0 Å². The minimum Gasteiger partial charge on any atom is -0.497 e. The molecular weight excluding hydrogens is 234 g/mol. The van der Waals surface area contributed by atoms with Crippen LogP contribution in [0.5, 0.6) is 5.75 Å². The van der Waals surface area contributed by atoms with E-state index in [1.165, 1.54) is 0 Å². The SMILES string of the molecule is COc1ccc(CNCc2nccs2)c(N)c1. The lowest BCUT2D eigenvalue weighted by Gasteiger charge is -2.08. The van der Waals surface area contributed by atoms with Crippen molar-refractivity contribution in [3.05, 3.63) is 40.3 Å². The van der Waals surface area contributed by atoms with Gasteiger partial charge in [0.1, 0.15) is 10.8 Å². The van der Waals surface area contributed by atoms with Crippen LogP contribution in [0.4, 0.5) is 5.69 Å². The Bertz CT molecular complexity index is 471. The number of methoxy groups -OCH3 is 1. The number of nitrogens with one attached hydrogen (secondary N) is 1. The maximum atomic E-state index is 5.92. The topological polar surface area (TPSA) is 60.2 Å². The summed E-state index contributed by atoms with van der Waals surface area (Å²) in [5.41, 5.74) is 7.74. The van der Waals surface area contributed by atoms with Gasteiger partial charge in [0, 0.05) is 36.4 Å².